The van der Waals surface area contributed by atoms with Crippen molar-refractivity contribution in [2.45, 2.75) is 5.51 Å². The molecule has 2 aromatic rings. The van der Waals surface area contributed by atoms with Crippen LogP contribution in [0.1, 0.15) is 0 Å². The van der Waals surface area contributed by atoms with Gasteiger partial charge in [0.2, 0.25) is 0 Å². The lowest BCUT2D eigenvalue weighted by Crippen LogP contribution is -2.26. The van der Waals surface area contributed by atoms with Crippen LogP contribution in [0.2, 0.25) is 0 Å². The fourth-order valence-electron chi connectivity index (χ4n) is 1.06. The van der Waals surface area contributed by atoms with Crippen molar-refractivity contribution in [3.05, 3.63) is 37.4 Å². The zero-order chi connectivity index (χ0) is 17.2. The second kappa shape index (κ2) is 6.05. The molecule has 0 aliphatic rings. The van der Waals surface area contributed by atoms with Crippen LogP contribution in [0.5, 0.6) is 0 Å². The van der Waals surface area contributed by atoms with Crippen molar-refractivity contribution in [2.75, 3.05) is 0 Å². The highest BCUT2D eigenvalue weighted by molar-refractivity contribution is 7.88. The number of nitrogens with zero attached hydrogens (tertiary/aromatic N) is 4. The zero-order valence-electron chi connectivity index (χ0n) is 10.8. The lowest BCUT2D eigenvalue weighted by molar-refractivity contribution is -0.670. The molecule has 0 radical (unpaired) electrons. The van der Waals surface area contributed by atoms with Crippen molar-refractivity contribution in [1.82, 2.24) is 12.9 Å². The number of alkyl halides is 3. The van der Waals surface area contributed by atoms with E-state index >= 15 is 0 Å². The van der Waals surface area contributed by atoms with Gasteiger partial charge in [-0.2, -0.15) is 34.0 Å². The number of halogens is 3. The minimum atomic E-state index is -5.84. The van der Waals surface area contributed by atoms with Gasteiger partial charge < -0.3 is 0 Å². The first-order valence-electron chi connectivity index (χ1n) is 5.16. The monoisotopic (exact) mass is 363 g/mol. The Morgan fingerprint density at radius 3 is 2.00 bits per heavy atom. The van der Waals surface area contributed by atoms with E-state index in [1.165, 1.54) is 31.2 Å². The Kier molecular flexibility index (Phi) is 4.99. The molecule has 2 heterocycles. The van der Waals surface area contributed by atoms with Crippen molar-refractivity contribution in [3.63, 3.8) is 0 Å². The first-order valence-corrected chi connectivity index (χ1v) is 8.00. The molecule has 1 N–H and O–H groups in total. The first-order chi connectivity index (χ1) is 9.85. The predicted molar refractivity (Wildman–Crippen MR) is 65.2 cm³/mol. The average Bonchev–Trinajstić information content (AvgIpc) is 2.97. The maximum absolute atomic E-state index is 11.8. The summed E-state index contributed by atoms with van der Waals surface area (Å²) in [6, 6.07) is 0. The summed E-state index contributed by atoms with van der Waals surface area (Å²) >= 11 is 0. The molecular formula is C8H10F3N4O5S2+. The van der Waals surface area contributed by atoms with Gasteiger partial charge in [-0.25, -0.2) is 9.55 Å². The number of imidazole rings is 2. The van der Waals surface area contributed by atoms with E-state index in [9.17, 15) is 21.6 Å². The van der Waals surface area contributed by atoms with Crippen LogP contribution in [0.25, 0.3) is 0 Å². The summed E-state index contributed by atoms with van der Waals surface area (Å²) in [6.45, 7) is 0. The first kappa shape index (κ1) is 18.1. The molecule has 0 aliphatic carbocycles. The molecule has 22 heavy (non-hydrogen) atoms. The molecule has 0 amide bonds. The van der Waals surface area contributed by atoms with Gasteiger partial charge in [0.25, 0.3) is 6.33 Å². The van der Waals surface area contributed by atoms with E-state index in [0.29, 0.717) is 0 Å². The third kappa shape index (κ3) is 4.28. The van der Waals surface area contributed by atoms with Gasteiger partial charge in [0.05, 0.1) is 7.05 Å². The Labute approximate surface area is 123 Å². The van der Waals surface area contributed by atoms with Crippen molar-refractivity contribution >= 4 is 20.3 Å². The second-order valence-corrected chi connectivity index (χ2v) is 6.88. The summed E-state index contributed by atoms with van der Waals surface area (Å²) in [5, 5.41) is 0. The Bertz CT molecular complexity index is 824. The van der Waals surface area contributed by atoms with Gasteiger partial charge in [-0.3, -0.25) is 4.55 Å². The molecule has 2 aromatic heterocycles. The van der Waals surface area contributed by atoms with E-state index in [4.69, 9.17) is 13.0 Å². The molecule has 0 unspecified atom stereocenters. The van der Waals surface area contributed by atoms with E-state index in [2.05, 4.69) is 4.98 Å². The molecule has 14 heteroatoms. The summed E-state index contributed by atoms with van der Waals surface area (Å²) in [7, 11) is -7.62. The van der Waals surface area contributed by atoms with Crippen molar-refractivity contribution in [3.8, 4) is 0 Å². The fourth-order valence-corrected chi connectivity index (χ4v) is 2.13. The molecule has 0 spiro atoms. The van der Waals surface area contributed by atoms with Crippen LogP contribution in [0.4, 0.5) is 13.2 Å². The fraction of sp³-hybridized carbons (Fsp3) is 0.250. The Morgan fingerprint density at radius 2 is 1.68 bits per heavy atom. The minimum absolute atomic E-state index is 1.05. The summed E-state index contributed by atoms with van der Waals surface area (Å²) in [5.74, 6) is 0. The number of hydrogen-bond donors (Lipinski definition) is 1. The van der Waals surface area contributed by atoms with Gasteiger partial charge in [0.15, 0.2) is 0 Å². The van der Waals surface area contributed by atoms with E-state index in [1.54, 1.807) is 17.8 Å². The number of aromatic nitrogens is 4. The lowest BCUT2D eigenvalue weighted by Gasteiger charge is -1.97. The maximum Gasteiger partial charge on any atom is 0.522 e. The van der Waals surface area contributed by atoms with E-state index < -0.39 is 25.8 Å². The molecule has 0 bridgehead atoms. The third-order valence-electron chi connectivity index (χ3n) is 2.05. The van der Waals surface area contributed by atoms with Gasteiger partial charge in [0, 0.05) is 12.4 Å². The maximum atomic E-state index is 11.8. The van der Waals surface area contributed by atoms with Crippen LogP contribution in [0.15, 0.2) is 37.4 Å². The Balaban J connectivity index is 0.000000261. The van der Waals surface area contributed by atoms with Crippen LogP contribution in [-0.2, 0) is 27.4 Å². The van der Waals surface area contributed by atoms with Gasteiger partial charge >= 0.3 is 25.8 Å². The average molecular weight is 363 g/mol. The van der Waals surface area contributed by atoms with Crippen molar-refractivity contribution < 1.29 is 39.1 Å². The zero-order valence-corrected chi connectivity index (χ0v) is 12.4. The quantitative estimate of drug-likeness (QED) is 0.439. The van der Waals surface area contributed by atoms with Gasteiger partial charge in [-0.05, 0) is 0 Å². The molecule has 0 saturated heterocycles. The Hall–Kier alpha value is -1.93. The third-order valence-corrected chi connectivity index (χ3v) is 4.13. The number of aryl methyl sites for hydroxylation is 1. The summed E-state index contributed by atoms with van der Waals surface area (Å²) in [6.07, 6.45) is 8.63. The summed E-state index contributed by atoms with van der Waals surface area (Å²) in [4.78, 5) is 3.68. The van der Waals surface area contributed by atoms with Crippen LogP contribution >= 0.6 is 0 Å². The second-order valence-electron chi connectivity index (χ2n) is 3.73. The van der Waals surface area contributed by atoms with Crippen LogP contribution in [-0.4, -0.2) is 39.8 Å². The smallest absolute Gasteiger partial charge is 0.279 e. The normalized spacial score (nSPS) is 12.6. The molecule has 0 atom stereocenters. The number of rotatable bonds is 2. The molecule has 0 fully saturated rings. The van der Waals surface area contributed by atoms with Crippen molar-refractivity contribution in [1.29, 1.82) is 0 Å². The van der Waals surface area contributed by atoms with Crippen LogP contribution < -0.4 is 4.57 Å². The highest BCUT2D eigenvalue weighted by Crippen LogP contribution is 2.20. The van der Waals surface area contributed by atoms with E-state index in [0.717, 1.165) is 7.94 Å². The van der Waals surface area contributed by atoms with Gasteiger partial charge in [0.1, 0.15) is 18.7 Å². The largest absolute Gasteiger partial charge is 0.522 e. The molecule has 0 saturated carbocycles. The summed E-state index contributed by atoms with van der Waals surface area (Å²) in [5.41, 5.74) is -5.53. The molecule has 2 rings (SSSR count). The molecule has 0 aromatic carbocycles. The van der Waals surface area contributed by atoms with Crippen LogP contribution in [0.3, 0.4) is 0 Å². The highest BCUT2D eigenvalue weighted by Gasteiger charge is 2.44. The lowest BCUT2D eigenvalue weighted by atomic mass is 10.9. The van der Waals surface area contributed by atoms with Crippen molar-refractivity contribution in [2.24, 2.45) is 7.05 Å². The summed E-state index contributed by atoms with van der Waals surface area (Å²) < 4.78 is 84.9. The SMILES string of the molecule is C[n+]1ccn(S(=O)(=O)n2ccnc2)c1.O=S(=O)(O)C(F)(F)F. The molecule has 0 aliphatic heterocycles. The van der Waals surface area contributed by atoms with Gasteiger partial charge in [-0.15, -0.1) is 3.97 Å². The van der Waals surface area contributed by atoms with E-state index in [1.807, 2.05) is 0 Å². The molecular weight excluding hydrogens is 353 g/mol. The highest BCUT2D eigenvalue weighted by atomic mass is 32.2. The minimum Gasteiger partial charge on any atom is -0.279 e. The standard InChI is InChI=1S/C7H9N4O2S.CHF3O3S/c1-9-4-5-11(7-9)14(12,13)10-3-2-8-6-10;2-1(3,4)8(5,6)7/h2-7H,1H3;(H,5,6,7)/q+1;. The molecule has 9 nitrogen and oxygen atoms in total. The van der Waals surface area contributed by atoms with Crippen LogP contribution in [0, 0.1) is 0 Å². The van der Waals surface area contributed by atoms with Gasteiger partial charge in [-0.1, -0.05) is 0 Å². The molecule has 124 valence electrons. The topological polar surface area (TPSA) is 115 Å². The predicted octanol–water partition coefficient (Wildman–Crippen LogP) is -0.456. The Morgan fingerprint density at radius 1 is 1.14 bits per heavy atom. The number of hydrogen-bond acceptors (Lipinski definition) is 5. The van der Waals surface area contributed by atoms with E-state index in [-0.39, 0.29) is 0 Å².